The first-order valence-electron chi connectivity index (χ1n) is 4.66. The number of aromatic nitrogens is 1. The molecule has 1 heterocycles. The van der Waals surface area contributed by atoms with Crippen molar-refractivity contribution in [2.24, 2.45) is 0 Å². The molecule has 0 aliphatic carbocycles. The van der Waals surface area contributed by atoms with Gasteiger partial charge < -0.3 is 15.0 Å². The van der Waals surface area contributed by atoms with Crippen molar-refractivity contribution in [1.82, 2.24) is 4.98 Å². The third-order valence-corrected chi connectivity index (χ3v) is 2.29. The summed E-state index contributed by atoms with van der Waals surface area (Å²) in [6, 6.07) is 4.68. The molecule has 0 saturated heterocycles. The summed E-state index contributed by atoms with van der Waals surface area (Å²) in [7, 11) is 1.50. The molecule has 0 saturated carbocycles. The van der Waals surface area contributed by atoms with E-state index in [0.29, 0.717) is 28.7 Å². The van der Waals surface area contributed by atoms with Crippen LogP contribution in [0.25, 0.3) is 10.9 Å². The van der Waals surface area contributed by atoms with Crippen LogP contribution in [0, 0.1) is 0 Å². The van der Waals surface area contributed by atoms with Gasteiger partial charge in [0.1, 0.15) is 5.75 Å². The van der Waals surface area contributed by atoms with Crippen LogP contribution in [0.1, 0.15) is 0 Å². The number of aromatic amines is 1. The normalized spacial score (nSPS) is 10.1. The van der Waals surface area contributed by atoms with E-state index < -0.39 is 0 Å². The Balaban J connectivity index is 2.75. The summed E-state index contributed by atoms with van der Waals surface area (Å²) in [6.07, 6.45) is 2.11. The molecule has 0 aliphatic heterocycles. The number of H-pyrrole nitrogens is 1. The molecule has 2 aromatic rings. The number of nitrogens with one attached hydrogen (secondary N) is 2. The monoisotopic (exact) mass is 218 g/mol. The fraction of sp³-hybridized carbons (Fsp3) is 0.0909. The van der Waals surface area contributed by atoms with Gasteiger partial charge in [-0.05, 0) is 6.07 Å². The number of carbonyl (C=O) groups excluding carboxylic acids is 1. The van der Waals surface area contributed by atoms with Gasteiger partial charge in [0, 0.05) is 23.7 Å². The first kappa shape index (κ1) is 10.2. The number of carbonyl (C=O) groups is 1. The van der Waals surface area contributed by atoms with Crippen molar-refractivity contribution in [2.45, 2.75) is 0 Å². The number of hydrogen-bond donors (Lipinski definition) is 2. The largest absolute Gasteiger partial charge is 0.494 e. The molecule has 2 rings (SSSR count). The molecular formula is C11H10N2O3. The summed E-state index contributed by atoms with van der Waals surface area (Å²) < 4.78 is 5.10. The van der Waals surface area contributed by atoms with Crippen LogP contribution < -0.4 is 15.5 Å². The Bertz CT molecular complexity index is 589. The van der Waals surface area contributed by atoms with E-state index >= 15 is 0 Å². The first-order chi connectivity index (χ1) is 7.76. The van der Waals surface area contributed by atoms with Crippen LogP contribution in [0.3, 0.4) is 0 Å². The van der Waals surface area contributed by atoms with E-state index in [1.54, 1.807) is 18.3 Å². The van der Waals surface area contributed by atoms with Crippen molar-refractivity contribution in [1.29, 1.82) is 0 Å². The van der Waals surface area contributed by atoms with Gasteiger partial charge in [-0.15, -0.1) is 0 Å². The van der Waals surface area contributed by atoms with E-state index in [1.165, 1.54) is 13.2 Å². The van der Waals surface area contributed by atoms with Gasteiger partial charge in [0.15, 0.2) is 5.43 Å². The molecule has 16 heavy (non-hydrogen) atoms. The third-order valence-electron chi connectivity index (χ3n) is 2.29. The smallest absolute Gasteiger partial charge is 0.211 e. The maximum Gasteiger partial charge on any atom is 0.211 e. The van der Waals surface area contributed by atoms with Crippen molar-refractivity contribution in [3.05, 3.63) is 34.6 Å². The van der Waals surface area contributed by atoms with E-state index in [-0.39, 0.29) is 5.43 Å². The molecule has 0 unspecified atom stereocenters. The lowest BCUT2D eigenvalue weighted by atomic mass is 10.2. The lowest BCUT2D eigenvalue weighted by molar-refractivity contribution is -0.105. The first-order valence-corrected chi connectivity index (χ1v) is 4.66. The predicted molar refractivity (Wildman–Crippen MR) is 60.8 cm³/mol. The number of fused-ring (bicyclic) bond motifs is 1. The highest BCUT2D eigenvalue weighted by Crippen LogP contribution is 2.27. The summed E-state index contributed by atoms with van der Waals surface area (Å²) >= 11 is 0. The topological polar surface area (TPSA) is 71.2 Å². The lowest BCUT2D eigenvalue weighted by Gasteiger charge is -2.08. The van der Waals surface area contributed by atoms with Crippen LogP contribution in [0.4, 0.5) is 5.69 Å². The molecule has 5 heteroatoms. The molecule has 5 nitrogen and oxygen atoms in total. The molecule has 2 N–H and O–H groups in total. The number of anilines is 1. The number of ether oxygens (including phenoxy) is 1. The maximum absolute atomic E-state index is 11.6. The third kappa shape index (κ3) is 1.63. The minimum Gasteiger partial charge on any atom is -0.494 e. The van der Waals surface area contributed by atoms with Crippen molar-refractivity contribution in [3.8, 4) is 5.75 Å². The van der Waals surface area contributed by atoms with Crippen molar-refractivity contribution >= 4 is 23.0 Å². The van der Waals surface area contributed by atoms with Crippen LogP contribution in [0.2, 0.25) is 0 Å². The van der Waals surface area contributed by atoms with Gasteiger partial charge in [0.2, 0.25) is 6.41 Å². The number of rotatable bonds is 3. The quantitative estimate of drug-likeness (QED) is 0.758. The van der Waals surface area contributed by atoms with Crippen LogP contribution >= 0.6 is 0 Å². The van der Waals surface area contributed by atoms with E-state index in [1.807, 2.05) is 0 Å². The molecule has 0 atom stereocenters. The SMILES string of the molecule is COc1cc2[nH]ccc(=O)c2cc1NC=O. The van der Waals surface area contributed by atoms with E-state index in [0.717, 1.165) is 0 Å². The highest BCUT2D eigenvalue weighted by Gasteiger charge is 2.06. The second kappa shape index (κ2) is 4.06. The average Bonchev–Trinajstić information content (AvgIpc) is 2.30. The molecule has 1 aromatic carbocycles. The Kier molecular flexibility index (Phi) is 2.59. The molecule has 1 amide bonds. The fourth-order valence-corrected chi connectivity index (χ4v) is 1.55. The summed E-state index contributed by atoms with van der Waals surface area (Å²) in [5.74, 6) is 0.501. The lowest BCUT2D eigenvalue weighted by Crippen LogP contribution is -2.03. The highest BCUT2D eigenvalue weighted by atomic mass is 16.5. The zero-order valence-electron chi connectivity index (χ0n) is 8.61. The van der Waals surface area contributed by atoms with Gasteiger partial charge in [-0.3, -0.25) is 9.59 Å². The standard InChI is InChI=1S/C11H10N2O3/c1-16-11-5-8-7(4-9(11)13-6-14)10(15)2-3-12-8/h2-6H,1H3,(H,12,15)(H,13,14). The molecule has 0 bridgehead atoms. The average molecular weight is 218 g/mol. The second-order valence-corrected chi connectivity index (χ2v) is 3.20. The Labute approximate surface area is 91.0 Å². The van der Waals surface area contributed by atoms with Gasteiger partial charge in [-0.2, -0.15) is 0 Å². The molecular weight excluding hydrogens is 208 g/mol. The summed E-state index contributed by atoms with van der Waals surface area (Å²) in [6.45, 7) is 0. The van der Waals surface area contributed by atoms with Crippen LogP contribution in [-0.2, 0) is 4.79 Å². The summed E-state index contributed by atoms with van der Waals surface area (Å²) in [4.78, 5) is 24.9. The highest BCUT2D eigenvalue weighted by molar-refractivity contribution is 5.88. The molecule has 0 fully saturated rings. The van der Waals surface area contributed by atoms with Gasteiger partial charge in [-0.25, -0.2) is 0 Å². The summed E-state index contributed by atoms with van der Waals surface area (Å²) in [5, 5.41) is 3.00. The van der Waals surface area contributed by atoms with E-state index in [4.69, 9.17) is 4.74 Å². The molecule has 0 radical (unpaired) electrons. The van der Waals surface area contributed by atoms with Crippen molar-refractivity contribution in [3.63, 3.8) is 0 Å². The number of amides is 1. The van der Waals surface area contributed by atoms with Gasteiger partial charge >= 0.3 is 0 Å². The van der Waals surface area contributed by atoms with Crippen LogP contribution in [0.15, 0.2) is 29.2 Å². The number of pyridine rings is 1. The maximum atomic E-state index is 11.6. The zero-order valence-corrected chi connectivity index (χ0v) is 8.61. The molecule has 0 spiro atoms. The fourth-order valence-electron chi connectivity index (χ4n) is 1.55. The molecule has 1 aromatic heterocycles. The van der Waals surface area contributed by atoms with Gasteiger partial charge in [0.25, 0.3) is 0 Å². The van der Waals surface area contributed by atoms with Crippen LogP contribution in [0.5, 0.6) is 5.75 Å². The van der Waals surface area contributed by atoms with E-state index in [2.05, 4.69) is 10.3 Å². The predicted octanol–water partition coefficient (Wildman–Crippen LogP) is 1.10. The number of methoxy groups -OCH3 is 1. The molecule has 82 valence electrons. The number of hydrogen-bond acceptors (Lipinski definition) is 3. The van der Waals surface area contributed by atoms with Gasteiger partial charge in [-0.1, -0.05) is 0 Å². The summed E-state index contributed by atoms with van der Waals surface area (Å²) in [5.41, 5.74) is 1.04. The Hall–Kier alpha value is -2.30. The number of benzene rings is 1. The Morgan fingerprint density at radius 1 is 1.44 bits per heavy atom. The van der Waals surface area contributed by atoms with Gasteiger partial charge in [0.05, 0.1) is 18.3 Å². The van der Waals surface area contributed by atoms with Crippen LogP contribution in [-0.4, -0.2) is 18.5 Å². The minimum atomic E-state index is -0.106. The van der Waals surface area contributed by atoms with E-state index in [9.17, 15) is 9.59 Å². The molecule has 0 aliphatic rings. The second-order valence-electron chi connectivity index (χ2n) is 3.20. The Morgan fingerprint density at radius 3 is 2.94 bits per heavy atom. The van der Waals surface area contributed by atoms with Crippen molar-refractivity contribution < 1.29 is 9.53 Å². The zero-order chi connectivity index (χ0) is 11.5. The van der Waals surface area contributed by atoms with Crippen molar-refractivity contribution in [2.75, 3.05) is 12.4 Å². The Morgan fingerprint density at radius 2 is 2.25 bits per heavy atom. The minimum absolute atomic E-state index is 0.106.